The second-order valence-corrected chi connectivity index (χ2v) is 14.2. The number of ether oxygens (including phenoxy) is 12. The Hall–Kier alpha value is -1.98. The van der Waals surface area contributed by atoms with Crippen LogP contribution in [0.25, 0.3) is 0 Å². The molecule has 0 spiro atoms. The van der Waals surface area contributed by atoms with Gasteiger partial charge in [-0.3, -0.25) is 0 Å². The van der Waals surface area contributed by atoms with E-state index in [4.69, 9.17) is 56.8 Å². The fraction of sp³-hybridized carbons (Fsp3) is 0.812. The highest BCUT2D eigenvalue weighted by atomic mass is 16.9. The number of hydrogen-bond acceptors (Lipinski definition) is 14. The van der Waals surface area contributed by atoms with Crippen LogP contribution in [0.3, 0.4) is 0 Å². The molecule has 6 saturated heterocycles. The number of fused-ring (bicyclic) bond motifs is 4. The molecule has 14 heteroatoms. The van der Waals surface area contributed by atoms with Gasteiger partial charge >= 0.3 is 11.9 Å². The second kappa shape index (κ2) is 12.5. The summed E-state index contributed by atoms with van der Waals surface area (Å²) < 4.78 is 69.3. The third kappa shape index (κ3) is 7.67. The molecule has 0 N–H and O–H groups in total. The molecule has 0 saturated carbocycles. The molecule has 10 unspecified atom stereocenters. The van der Waals surface area contributed by atoms with Crippen molar-refractivity contribution in [1.29, 1.82) is 0 Å². The molecule has 10 atom stereocenters. The monoisotopic (exact) mass is 656 g/mol. The number of esters is 2. The van der Waals surface area contributed by atoms with E-state index in [9.17, 15) is 9.59 Å². The molecule has 6 fully saturated rings. The van der Waals surface area contributed by atoms with Crippen LogP contribution < -0.4 is 0 Å². The SMILES string of the molecule is C=C(C)C(=O)OC1C(C2COC(C)(C)O2)OC2OC(C)(C)OC21.C=C(C)C(=O)OCC1OC2OC(C)(C)OC2C2OC(C)(C)OC12. The molecular weight excluding hydrogens is 608 g/mol. The molecular formula is C32H48O14. The predicted octanol–water partition coefficient (Wildman–Crippen LogP) is 3.00. The standard InChI is InChI=1S/2C16H24O7/c1-8(2)13(17)19-11-10(9-7-18-15(3,4)21-9)20-14-12(11)22-16(5,6)23-14;1-8(2)13(17)18-7-9-10-11(21-15(3,4)20-10)12-14(19-9)23-16(5,6)22-12/h2*9-12,14H,1,7H2,2-6H3. The molecule has 46 heavy (non-hydrogen) atoms. The summed E-state index contributed by atoms with van der Waals surface area (Å²) in [6.45, 7) is 25.3. The Morgan fingerprint density at radius 1 is 0.630 bits per heavy atom. The van der Waals surface area contributed by atoms with Gasteiger partial charge in [0.05, 0.1) is 6.61 Å². The Bertz CT molecular complexity index is 1210. The number of carbonyl (C=O) groups excluding carboxylic acids is 2. The first kappa shape index (κ1) is 35.3. The third-order valence-corrected chi connectivity index (χ3v) is 7.99. The summed E-state index contributed by atoms with van der Waals surface area (Å²) in [5.41, 5.74) is 0.648. The van der Waals surface area contributed by atoms with Gasteiger partial charge in [-0.05, 0) is 69.2 Å². The van der Waals surface area contributed by atoms with Gasteiger partial charge in [0.25, 0.3) is 0 Å². The highest BCUT2D eigenvalue weighted by molar-refractivity contribution is 5.87. The fourth-order valence-electron chi connectivity index (χ4n) is 6.15. The van der Waals surface area contributed by atoms with Crippen LogP contribution >= 0.6 is 0 Å². The van der Waals surface area contributed by atoms with Crippen molar-refractivity contribution in [2.75, 3.05) is 13.2 Å². The smallest absolute Gasteiger partial charge is 0.333 e. The van der Waals surface area contributed by atoms with Crippen molar-refractivity contribution in [2.24, 2.45) is 0 Å². The molecule has 6 aliphatic heterocycles. The average Bonchev–Trinajstić information content (AvgIpc) is 3.68. The summed E-state index contributed by atoms with van der Waals surface area (Å²) in [5, 5.41) is 0. The minimum Gasteiger partial charge on any atom is -0.459 e. The largest absolute Gasteiger partial charge is 0.459 e. The maximum Gasteiger partial charge on any atom is 0.333 e. The number of carbonyl (C=O) groups is 2. The van der Waals surface area contributed by atoms with E-state index in [0.717, 1.165) is 0 Å². The molecule has 6 aliphatic rings. The second-order valence-electron chi connectivity index (χ2n) is 14.2. The van der Waals surface area contributed by atoms with Crippen LogP contribution in [0.5, 0.6) is 0 Å². The van der Waals surface area contributed by atoms with E-state index < -0.39 is 78.2 Å². The van der Waals surface area contributed by atoms with Crippen LogP contribution in [-0.4, -0.2) is 110 Å². The van der Waals surface area contributed by atoms with Crippen LogP contribution in [0, 0.1) is 0 Å². The quantitative estimate of drug-likeness (QED) is 0.305. The Morgan fingerprint density at radius 2 is 1.15 bits per heavy atom. The van der Waals surface area contributed by atoms with Gasteiger partial charge in [0, 0.05) is 11.1 Å². The summed E-state index contributed by atoms with van der Waals surface area (Å²) in [4.78, 5) is 23.6. The molecule has 260 valence electrons. The van der Waals surface area contributed by atoms with E-state index in [1.54, 1.807) is 27.7 Å². The summed E-state index contributed by atoms with van der Waals surface area (Å²) in [7, 11) is 0. The molecule has 0 amide bonds. The van der Waals surface area contributed by atoms with Crippen LogP contribution in [-0.2, 0) is 66.4 Å². The summed E-state index contributed by atoms with van der Waals surface area (Å²) in [6, 6.07) is 0. The Balaban J connectivity index is 0.000000181. The lowest BCUT2D eigenvalue weighted by atomic mass is 9.99. The van der Waals surface area contributed by atoms with Crippen LogP contribution in [0.15, 0.2) is 24.3 Å². The van der Waals surface area contributed by atoms with Gasteiger partial charge in [-0.2, -0.15) is 0 Å². The van der Waals surface area contributed by atoms with Crippen molar-refractivity contribution in [1.82, 2.24) is 0 Å². The van der Waals surface area contributed by atoms with Gasteiger partial charge in [-0.1, -0.05) is 13.2 Å². The van der Waals surface area contributed by atoms with E-state index in [1.165, 1.54) is 0 Å². The van der Waals surface area contributed by atoms with Gasteiger partial charge in [0.1, 0.15) is 43.2 Å². The minimum absolute atomic E-state index is 0.0410. The normalized spacial score (nSPS) is 40.6. The van der Waals surface area contributed by atoms with Crippen LogP contribution in [0.2, 0.25) is 0 Å². The zero-order valence-corrected chi connectivity index (χ0v) is 28.3. The van der Waals surface area contributed by atoms with Crippen LogP contribution in [0.1, 0.15) is 69.2 Å². The maximum atomic E-state index is 12.0. The average molecular weight is 657 g/mol. The van der Waals surface area contributed by atoms with Crippen molar-refractivity contribution in [3.63, 3.8) is 0 Å². The number of rotatable bonds is 6. The van der Waals surface area contributed by atoms with Crippen molar-refractivity contribution in [3.05, 3.63) is 24.3 Å². The predicted molar refractivity (Wildman–Crippen MR) is 157 cm³/mol. The summed E-state index contributed by atoms with van der Waals surface area (Å²) >= 11 is 0. The lowest BCUT2D eigenvalue weighted by Crippen LogP contribution is -2.56. The van der Waals surface area contributed by atoms with Crippen molar-refractivity contribution in [2.45, 2.75) is 154 Å². The highest BCUT2D eigenvalue weighted by Gasteiger charge is 2.62. The lowest BCUT2D eigenvalue weighted by Gasteiger charge is -2.36. The topological polar surface area (TPSA) is 145 Å². The van der Waals surface area contributed by atoms with Crippen LogP contribution in [0.4, 0.5) is 0 Å². The molecule has 14 nitrogen and oxygen atoms in total. The van der Waals surface area contributed by atoms with Gasteiger partial charge < -0.3 is 56.8 Å². The zero-order chi connectivity index (χ0) is 34.0. The molecule has 6 rings (SSSR count). The highest BCUT2D eigenvalue weighted by Crippen LogP contribution is 2.45. The van der Waals surface area contributed by atoms with E-state index in [2.05, 4.69) is 13.2 Å². The van der Waals surface area contributed by atoms with E-state index in [0.29, 0.717) is 17.8 Å². The number of hydrogen-bond donors (Lipinski definition) is 0. The van der Waals surface area contributed by atoms with E-state index in [1.807, 2.05) is 41.5 Å². The fourth-order valence-corrected chi connectivity index (χ4v) is 6.15. The lowest BCUT2D eigenvalue weighted by molar-refractivity contribution is -0.242. The molecule has 6 heterocycles. The molecule has 0 aliphatic carbocycles. The molecule has 0 aromatic heterocycles. The molecule has 0 radical (unpaired) electrons. The third-order valence-electron chi connectivity index (χ3n) is 7.99. The van der Waals surface area contributed by atoms with Gasteiger partial charge in [0.2, 0.25) is 0 Å². The molecule has 0 bridgehead atoms. The van der Waals surface area contributed by atoms with Crippen molar-refractivity contribution < 1.29 is 66.4 Å². The first-order valence-electron chi connectivity index (χ1n) is 15.5. The van der Waals surface area contributed by atoms with E-state index >= 15 is 0 Å². The Labute approximate surface area is 269 Å². The first-order chi connectivity index (χ1) is 21.2. The molecule has 0 aromatic rings. The minimum atomic E-state index is -0.791. The Kier molecular flexibility index (Phi) is 9.58. The Morgan fingerprint density at radius 3 is 1.72 bits per heavy atom. The molecule has 0 aromatic carbocycles. The summed E-state index contributed by atoms with van der Waals surface area (Å²) in [6.07, 6.45) is -4.86. The van der Waals surface area contributed by atoms with Crippen molar-refractivity contribution >= 4 is 11.9 Å². The van der Waals surface area contributed by atoms with Gasteiger partial charge in [0.15, 0.2) is 47.9 Å². The van der Waals surface area contributed by atoms with Crippen molar-refractivity contribution in [3.8, 4) is 0 Å². The first-order valence-corrected chi connectivity index (χ1v) is 15.5. The van der Waals surface area contributed by atoms with E-state index in [-0.39, 0.29) is 24.9 Å². The van der Waals surface area contributed by atoms with Gasteiger partial charge in [-0.25, -0.2) is 9.59 Å². The summed E-state index contributed by atoms with van der Waals surface area (Å²) in [5.74, 6) is -3.97. The maximum absolute atomic E-state index is 12.0. The van der Waals surface area contributed by atoms with Gasteiger partial charge in [-0.15, -0.1) is 0 Å². The zero-order valence-electron chi connectivity index (χ0n) is 28.3.